The van der Waals surface area contributed by atoms with Gasteiger partial charge >= 0.3 is 6.18 Å². The number of nitrogens with two attached hydrogens (primary N) is 1. The third kappa shape index (κ3) is 4.46. The van der Waals surface area contributed by atoms with Gasteiger partial charge in [-0.2, -0.15) is 13.2 Å². The maximum atomic E-state index is 12.3. The molecule has 0 aromatic carbocycles. The van der Waals surface area contributed by atoms with Crippen molar-refractivity contribution < 1.29 is 18.0 Å². The van der Waals surface area contributed by atoms with Gasteiger partial charge in [0.2, 0.25) is 5.91 Å². The summed E-state index contributed by atoms with van der Waals surface area (Å²) in [6, 6.07) is -0.727. The fourth-order valence-electron chi connectivity index (χ4n) is 1.19. The van der Waals surface area contributed by atoms with Gasteiger partial charge in [0.1, 0.15) is 5.01 Å². The van der Waals surface area contributed by atoms with Crippen molar-refractivity contribution in [3.8, 4) is 0 Å². The number of alkyl halides is 3. The second kappa shape index (κ2) is 5.46. The summed E-state index contributed by atoms with van der Waals surface area (Å²) in [6.45, 7) is 5.37. The predicted octanol–water partition coefficient (Wildman–Crippen LogP) is 2.15. The van der Waals surface area contributed by atoms with Crippen LogP contribution < -0.4 is 11.1 Å². The SMILES string of the molecule is CC(C)(C)[C@H](N)C(=O)NCc1nc(C(F)(F)F)cs1. The third-order valence-corrected chi connectivity index (χ3v) is 3.32. The van der Waals surface area contributed by atoms with Gasteiger partial charge in [-0.25, -0.2) is 4.98 Å². The zero-order valence-electron chi connectivity index (χ0n) is 10.8. The lowest BCUT2D eigenvalue weighted by molar-refractivity contribution is -0.140. The molecule has 0 unspecified atom stereocenters. The third-order valence-electron chi connectivity index (χ3n) is 2.47. The molecule has 0 radical (unpaired) electrons. The molecule has 0 spiro atoms. The molecule has 1 aromatic heterocycles. The molecule has 1 rings (SSSR count). The summed E-state index contributed by atoms with van der Waals surface area (Å²) in [5.74, 6) is -0.406. The maximum Gasteiger partial charge on any atom is 0.434 e. The monoisotopic (exact) mass is 295 g/mol. The van der Waals surface area contributed by atoms with E-state index in [1.807, 2.05) is 20.8 Å². The number of amides is 1. The van der Waals surface area contributed by atoms with Gasteiger partial charge in [0.15, 0.2) is 5.69 Å². The van der Waals surface area contributed by atoms with E-state index in [9.17, 15) is 18.0 Å². The largest absolute Gasteiger partial charge is 0.434 e. The van der Waals surface area contributed by atoms with E-state index in [1.165, 1.54) is 0 Å². The number of hydrogen-bond acceptors (Lipinski definition) is 4. The fourth-order valence-corrected chi connectivity index (χ4v) is 1.93. The van der Waals surface area contributed by atoms with Gasteiger partial charge in [-0.15, -0.1) is 11.3 Å². The van der Waals surface area contributed by atoms with E-state index in [1.54, 1.807) is 0 Å². The summed E-state index contributed by atoms with van der Waals surface area (Å²) >= 11 is 0.851. The quantitative estimate of drug-likeness (QED) is 0.898. The molecule has 3 N–H and O–H groups in total. The zero-order valence-corrected chi connectivity index (χ0v) is 11.7. The van der Waals surface area contributed by atoms with Crippen molar-refractivity contribution in [3.63, 3.8) is 0 Å². The van der Waals surface area contributed by atoms with Crippen LogP contribution in [-0.4, -0.2) is 16.9 Å². The molecule has 0 saturated carbocycles. The van der Waals surface area contributed by atoms with Gasteiger partial charge in [-0.05, 0) is 5.41 Å². The Kier molecular flexibility index (Phi) is 4.57. The molecule has 1 amide bonds. The smallest absolute Gasteiger partial charge is 0.348 e. The standard InChI is InChI=1S/C11H16F3N3OS/c1-10(2,3)8(15)9(18)16-4-7-17-6(5-19-7)11(12,13)14/h5,8H,4,15H2,1-3H3,(H,16,18)/t8-/m1/s1. The lowest BCUT2D eigenvalue weighted by Gasteiger charge is -2.25. The van der Waals surface area contributed by atoms with Gasteiger partial charge < -0.3 is 11.1 Å². The van der Waals surface area contributed by atoms with Crippen molar-refractivity contribution in [2.75, 3.05) is 0 Å². The van der Waals surface area contributed by atoms with Crippen LogP contribution in [0.4, 0.5) is 13.2 Å². The summed E-state index contributed by atoms with van der Waals surface area (Å²) in [6.07, 6.45) is -4.46. The number of carbonyl (C=O) groups excluding carboxylic acids is 1. The van der Waals surface area contributed by atoms with Crippen molar-refractivity contribution in [1.82, 2.24) is 10.3 Å². The van der Waals surface area contributed by atoms with Crippen LogP contribution in [0.25, 0.3) is 0 Å². The first kappa shape index (κ1) is 15.9. The molecular weight excluding hydrogens is 279 g/mol. The number of halogens is 3. The van der Waals surface area contributed by atoms with Gasteiger partial charge in [-0.1, -0.05) is 20.8 Å². The Bertz CT molecular complexity index is 451. The van der Waals surface area contributed by atoms with Gasteiger partial charge in [-0.3, -0.25) is 4.79 Å². The molecule has 108 valence electrons. The summed E-state index contributed by atoms with van der Waals surface area (Å²) in [5, 5.41) is 3.60. The molecule has 0 saturated heterocycles. The Morgan fingerprint density at radius 1 is 1.47 bits per heavy atom. The van der Waals surface area contributed by atoms with E-state index >= 15 is 0 Å². The Morgan fingerprint density at radius 3 is 2.47 bits per heavy atom. The Labute approximate surface area is 113 Å². The van der Waals surface area contributed by atoms with E-state index in [2.05, 4.69) is 10.3 Å². The average Bonchev–Trinajstić information content (AvgIpc) is 2.71. The molecule has 0 fully saturated rings. The highest BCUT2D eigenvalue weighted by molar-refractivity contribution is 7.09. The number of thiazole rings is 1. The van der Waals surface area contributed by atoms with Crippen LogP contribution >= 0.6 is 11.3 Å². The number of hydrogen-bond donors (Lipinski definition) is 2. The fraction of sp³-hybridized carbons (Fsp3) is 0.636. The molecule has 1 heterocycles. The van der Waals surface area contributed by atoms with E-state index in [-0.39, 0.29) is 11.6 Å². The topological polar surface area (TPSA) is 68.0 Å². The van der Waals surface area contributed by atoms with E-state index in [4.69, 9.17) is 5.73 Å². The molecule has 8 heteroatoms. The van der Waals surface area contributed by atoms with Crippen LogP contribution in [0.2, 0.25) is 0 Å². The molecular formula is C11H16F3N3OS. The number of aromatic nitrogens is 1. The summed E-state index contributed by atoms with van der Waals surface area (Å²) in [4.78, 5) is 15.1. The van der Waals surface area contributed by atoms with Crippen molar-refractivity contribution in [3.05, 3.63) is 16.1 Å². The van der Waals surface area contributed by atoms with Crippen molar-refractivity contribution in [2.24, 2.45) is 11.1 Å². The van der Waals surface area contributed by atoms with E-state index < -0.39 is 29.2 Å². The number of nitrogens with one attached hydrogen (secondary N) is 1. The lowest BCUT2D eigenvalue weighted by Crippen LogP contribution is -2.48. The van der Waals surface area contributed by atoms with Gasteiger partial charge in [0.25, 0.3) is 0 Å². The highest BCUT2D eigenvalue weighted by atomic mass is 32.1. The highest BCUT2D eigenvalue weighted by Crippen LogP contribution is 2.29. The molecule has 1 aromatic rings. The first-order valence-corrected chi connectivity index (χ1v) is 6.44. The van der Waals surface area contributed by atoms with Crippen molar-refractivity contribution in [1.29, 1.82) is 0 Å². The number of carbonyl (C=O) groups is 1. The van der Waals surface area contributed by atoms with E-state index in [0.29, 0.717) is 0 Å². The zero-order chi connectivity index (χ0) is 14.8. The highest BCUT2D eigenvalue weighted by Gasteiger charge is 2.34. The molecule has 4 nitrogen and oxygen atoms in total. The van der Waals surface area contributed by atoms with Crippen LogP contribution in [0.3, 0.4) is 0 Å². The average molecular weight is 295 g/mol. The Morgan fingerprint density at radius 2 is 2.05 bits per heavy atom. The van der Waals surface area contributed by atoms with E-state index in [0.717, 1.165) is 16.7 Å². The second-order valence-corrected chi connectivity index (χ2v) is 6.13. The number of nitrogens with zero attached hydrogens (tertiary/aromatic N) is 1. The molecule has 19 heavy (non-hydrogen) atoms. The Balaban J connectivity index is 2.59. The van der Waals surface area contributed by atoms with Crippen molar-refractivity contribution in [2.45, 2.75) is 39.5 Å². The molecule has 0 bridgehead atoms. The first-order valence-electron chi connectivity index (χ1n) is 5.56. The Hall–Kier alpha value is -1.15. The van der Waals surface area contributed by atoms with Crippen molar-refractivity contribution >= 4 is 17.2 Å². The van der Waals surface area contributed by atoms with Gasteiger partial charge in [0.05, 0.1) is 12.6 Å². The van der Waals surface area contributed by atoms with Crippen LogP contribution in [0.1, 0.15) is 31.5 Å². The summed E-state index contributed by atoms with van der Waals surface area (Å²) < 4.78 is 37.0. The normalized spacial score (nSPS) is 14.3. The number of rotatable bonds is 3. The summed E-state index contributed by atoms with van der Waals surface area (Å²) in [7, 11) is 0. The molecule has 0 aliphatic heterocycles. The summed E-state index contributed by atoms with van der Waals surface area (Å²) in [5.41, 5.74) is 4.37. The molecule has 1 atom stereocenters. The minimum atomic E-state index is -4.46. The van der Waals surface area contributed by atoms with Gasteiger partial charge in [0, 0.05) is 5.38 Å². The van der Waals surface area contributed by atoms with Crippen LogP contribution in [0.5, 0.6) is 0 Å². The maximum absolute atomic E-state index is 12.3. The second-order valence-electron chi connectivity index (χ2n) is 5.19. The minimum Gasteiger partial charge on any atom is -0.348 e. The molecule has 0 aliphatic rings. The first-order chi connectivity index (χ1) is 8.51. The van der Waals surface area contributed by atoms with Crippen LogP contribution in [0, 0.1) is 5.41 Å². The lowest BCUT2D eigenvalue weighted by atomic mass is 9.87. The minimum absolute atomic E-state index is 0.0522. The van der Waals surface area contributed by atoms with Crippen LogP contribution in [-0.2, 0) is 17.5 Å². The van der Waals surface area contributed by atoms with Crippen LogP contribution in [0.15, 0.2) is 5.38 Å². The predicted molar refractivity (Wildman–Crippen MR) is 66.4 cm³/mol. The molecule has 0 aliphatic carbocycles.